The van der Waals surface area contributed by atoms with Gasteiger partial charge in [0, 0.05) is 48.6 Å². The minimum Gasteiger partial charge on any atom is -0.470 e. The molecule has 3 aromatic heterocycles. The number of aromatic nitrogens is 5. The van der Waals surface area contributed by atoms with Gasteiger partial charge in [-0.1, -0.05) is 0 Å². The highest BCUT2D eigenvalue weighted by molar-refractivity contribution is 6.09. The maximum atomic E-state index is 16.0. The number of halogens is 1. The molecule has 0 aliphatic carbocycles. The summed E-state index contributed by atoms with van der Waals surface area (Å²) in [5, 5.41) is 12.8. The van der Waals surface area contributed by atoms with Crippen LogP contribution in [0.2, 0.25) is 0 Å². The first-order valence-corrected chi connectivity index (χ1v) is 14.2. The van der Waals surface area contributed by atoms with Crippen LogP contribution in [0, 0.1) is 6.92 Å². The van der Waals surface area contributed by atoms with Gasteiger partial charge in [0.15, 0.2) is 12.0 Å². The Morgan fingerprint density at radius 1 is 1.14 bits per heavy atom. The molecule has 2 bridgehead atoms. The molecule has 3 aromatic rings. The molecular formula is C30H36FN7O4. The van der Waals surface area contributed by atoms with E-state index in [1.54, 1.807) is 55.6 Å². The first kappa shape index (κ1) is 28.0. The van der Waals surface area contributed by atoms with Crippen LogP contribution in [0.4, 0.5) is 15.0 Å². The number of carbonyl (C=O) groups excluding carboxylic acids is 2. The molecule has 2 saturated heterocycles. The third kappa shape index (κ3) is 4.57. The lowest BCUT2D eigenvalue weighted by Crippen LogP contribution is -2.67. The fourth-order valence-electron chi connectivity index (χ4n) is 6.65. The summed E-state index contributed by atoms with van der Waals surface area (Å²) < 4.78 is 29.4. The number of anilines is 1. The first-order chi connectivity index (χ1) is 19.7. The van der Waals surface area contributed by atoms with Crippen LogP contribution in [0.5, 0.6) is 5.88 Å². The van der Waals surface area contributed by atoms with Gasteiger partial charge in [0.2, 0.25) is 5.88 Å². The van der Waals surface area contributed by atoms with E-state index in [0.717, 1.165) is 16.8 Å². The molecule has 2 fully saturated rings. The van der Waals surface area contributed by atoms with Gasteiger partial charge < -0.3 is 9.47 Å². The van der Waals surface area contributed by atoms with Crippen molar-refractivity contribution in [1.29, 1.82) is 0 Å². The van der Waals surface area contributed by atoms with Gasteiger partial charge in [-0.3, -0.25) is 24.3 Å². The second kappa shape index (κ2) is 9.47. The van der Waals surface area contributed by atoms with Crippen molar-refractivity contribution < 1.29 is 23.5 Å². The molecule has 6 heterocycles. The van der Waals surface area contributed by atoms with Crippen molar-refractivity contribution in [2.24, 2.45) is 7.05 Å². The van der Waals surface area contributed by atoms with Gasteiger partial charge in [-0.2, -0.15) is 5.10 Å². The predicted molar refractivity (Wildman–Crippen MR) is 152 cm³/mol. The summed E-state index contributed by atoms with van der Waals surface area (Å²) in [4.78, 5) is 34.0. The molecule has 2 amide bonds. The fourth-order valence-corrected chi connectivity index (χ4v) is 6.65. The summed E-state index contributed by atoms with van der Waals surface area (Å²) in [6.07, 6.45) is 2.29. The Morgan fingerprint density at radius 2 is 1.90 bits per heavy atom. The zero-order valence-electron chi connectivity index (χ0n) is 25.0. The number of piperidine rings is 1. The summed E-state index contributed by atoms with van der Waals surface area (Å²) >= 11 is 0. The standard InChI is InChI=1S/C30H36FN7O4/c1-17-20(15-36(7)35-17)18-12-19-21(32-14-18)16-37(26(19)39)23-8-9-24(34-33-23)41-22-13-29(5)10-11-30(6,25(22)31)38(29)27(40)42-28(2,3)4/h8-9,12,14-15,22,25H,10-11,13,16H2,1-7H3/t22?,25-,29+,30-/m1/s1. The Labute approximate surface area is 244 Å². The van der Waals surface area contributed by atoms with Crippen molar-refractivity contribution in [3.8, 4) is 17.0 Å². The van der Waals surface area contributed by atoms with E-state index in [-0.39, 0.29) is 24.8 Å². The number of carbonyl (C=O) groups is 2. The van der Waals surface area contributed by atoms with E-state index in [9.17, 15) is 9.59 Å². The maximum Gasteiger partial charge on any atom is 0.411 e. The minimum absolute atomic E-state index is 0.153. The van der Waals surface area contributed by atoms with Gasteiger partial charge in [0.25, 0.3) is 5.91 Å². The maximum absolute atomic E-state index is 16.0. The molecule has 6 rings (SSSR count). The van der Waals surface area contributed by atoms with E-state index >= 15 is 4.39 Å². The lowest BCUT2D eigenvalue weighted by molar-refractivity contribution is -0.101. The number of rotatable bonds is 4. The second-order valence-electron chi connectivity index (χ2n) is 13.1. The molecule has 42 heavy (non-hydrogen) atoms. The van der Waals surface area contributed by atoms with Crippen molar-refractivity contribution in [1.82, 2.24) is 29.9 Å². The number of pyridine rings is 1. The number of aryl methyl sites for hydroxylation is 2. The first-order valence-electron chi connectivity index (χ1n) is 14.2. The van der Waals surface area contributed by atoms with E-state index in [2.05, 4.69) is 20.3 Å². The average molecular weight is 578 g/mol. The second-order valence-corrected chi connectivity index (χ2v) is 13.1. The van der Waals surface area contributed by atoms with Crippen LogP contribution < -0.4 is 9.64 Å². The fraction of sp³-hybridized carbons (Fsp3) is 0.533. The number of alkyl halides is 1. The molecule has 0 saturated carbocycles. The lowest BCUT2D eigenvalue weighted by Gasteiger charge is -2.51. The van der Waals surface area contributed by atoms with Crippen LogP contribution >= 0.6 is 0 Å². The van der Waals surface area contributed by atoms with E-state index in [1.165, 1.54) is 4.90 Å². The zero-order chi connectivity index (χ0) is 30.2. The molecular weight excluding hydrogens is 541 g/mol. The quantitative estimate of drug-likeness (QED) is 0.435. The minimum atomic E-state index is -1.46. The Bertz CT molecular complexity index is 1570. The van der Waals surface area contributed by atoms with Crippen molar-refractivity contribution in [2.45, 2.75) is 96.3 Å². The molecule has 4 atom stereocenters. The zero-order valence-corrected chi connectivity index (χ0v) is 25.0. The van der Waals surface area contributed by atoms with Crippen molar-refractivity contribution in [3.05, 3.63) is 47.5 Å². The predicted octanol–water partition coefficient (Wildman–Crippen LogP) is 4.78. The topological polar surface area (TPSA) is 116 Å². The summed E-state index contributed by atoms with van der Waals surface area (Å²) in [6, 6.07) is 5.06. The molecule has 0 N–H and O–H groups in total. The Kier molecular flexibility index (Phi) is 6.32. The van der Waals surface area contributed by atoms with Gasteiger partial charge >= 0.3 is 6.09 Å². The normalized spacial score (nSPS) is 26.9. The van der Waals surface area contributed by atoms with E-state index in [4.69, 9.17) is 9.47 Å². The van der Waals surface area contributed by atoms with Crippen LogP contribution in [0.1, 0.15) is 75.6 Å². The van der Waals surface area contributed by atoms with Crippen LogP contribution in [0.25, 0.3) is 11.1 Å². The van der Waals surface area contributed by atoms with Gasteiger partial charge in [-0.05, 0) is 66.5 Å². The SMILES string of the molecule is Cc1nn(C)cc1-c1cnc2c(c1)C(=O)N(c1ccc(OC3C[C@]4(C)CC[C@](C)([C@@H]3F)N4C(=O)OC(C)(C)C)nn1)C2. The molecule has 1 unspecified atom stereocenters. The number of hydrogen-bond acceptors (Lipinski definition) is 8. The smallest absolute Gasteiger partial charge is 0.411 e. The largest absolute Gasteiger partial charge is 0.470 e. The van der Waals surface area contributed by atoms with Gasteiger partial charge in [-0.15, -0.1) is 10.2 Å². The number of nitrogens with zero attached hydrogens (tertiary/aromatic N) is 7. The van der Waals surface area contributed by atoms with Crippen molar-refractivity contribution >= 4 is 17.8 Å². The average Bonchev–Trinajstić information content (AvgIpc) is 3.50. The van der Waals surface area contributed by atoms with Crippen LogP contribution in [0.15, 0.2) is 30.6 Å². The number of fused-ring (bicyclic) bond motifs is 3. The highest BCUT2D eigenvalue weighted by atomic mass is 19.1. The molecule has 12 heteroatoms. The number of ether oxygens (including phenoxy) is 2. The number of hydrogen-bond donors (Lipinski definition) is 0. The van der Waals surface area contributed by atoms with E-state index in [1.807, 2.05) is 33.2 Å². The van der Waals surface area contributed by atoms with Gasteiger partial charge in [0.05, 0.1) is 29.0 Å². The highest BCUT2D eigenvalue weighted by Crippen LogP contribution is 2.52. The Morgan fingerprint density at radius 3 is 2.55 bits per heavy atom. The molecule has 0 aromatic carbocycles. The Hall–Kier alpha value is -4.09. The lowest BCUT2D eigenvalue weighted by atomic mass is 9.82. The van der Waals surface area contributed by atoms with Gasteiger partial charge in [0.1, 0.15) is 11.7 Å². The molecule has 222 valence electrons. The van der Waals surface area contributed by atoms with Crippen LogP contribution in [-0.4, -0.2) is 70.8 Å². The highest BCUT2D eigenvalue weighted by Gasteiger charge is 2.64. The number of amides is 2. The molecule has 11 nitrogen and oxygen atoms in total. The summed E-state index contributed by atoms with van der Waals surface area (Å²) in [6.45, 7) is 11.3. The van der Waals surface area contributed by atoms with Gasteiger partial charge in [-0.25, -0.2) is 9.18 Å². The van der Waals surface area contributed by atoms with Crippen molar-refractivity contribution in [2.75, 3.05) is 4.90 Å². The van der Waals surface area contributed by atoms with E-state index in [0.29, 0.717) is 29.9 Å². The molecule has 0 radical (unpaired) electrons. The van der Waals surface area contributed by atoms with Crippen LogP contribution in [-0.2, 0) is 18.3 Å². The summed E-state index contributed by atoms with van der Waals surface area (Å²) in [5.74, 6) is 0.278. The van der Waals surface area contributed by atoms with Crippen LogP contribution in [0.3, 0.4) is 0 Å². The molecule has 3 aliphatic rings. The third-order valence-corrected chi connectivity index (χ3v) is 8.61. The van der Waals surface area contributed by atoms with Crippen molar-refractivity contribution in [3.63, 3.8) is 0 Å². The molecule has 3 aliphatic heterocycles. The third-order valence-electron chi connectivity index (χ3n) is 8.61. The molecule has 0 spiro atoms. The monoisotopic (exact) mass is 577 g/mol. The van der Waals surface area contributed by atoms with E-state index < -0.39 is 35.0 Å². The Balaban J connectivity index is 1.17. The summed E-state index contributed by atoms with van der Waals surface area (Å²) in [7, 11) is 1.85. The summed E-state index contributed by atoms with van der Waals surface area (Å²) in [5.41, 5.74) is 1.37.